The molecule has 0 aliphatic heterocycles. The lowest BCUT2D eigenvalue weighted by Gasteiger charge is -2.17. The van der Waals surface area contributed by atoms with E-state index < -0.39 is 11.6 Å². The van der Waals surface area contributed by atoms with E-state index in [0.717, 1.165) is 5.56 Å². The zero-order valence-corrected chi connectivity index (χ0v) is 16.0. The van der Waals surface area contributed by atoms with E-state index in [1.165, 1.54) is 16.7 Å². The van der Waals surface area contributed by atoms with Crippen molar-refractivity contribution >= 4 is 0 Å². The highest BCUT2D eigenvalue weighted by Crippen LogP contribution is 2.30. The number of halogens is 1. The fourth-order valence-corrected chi connectivity index (χ4v) is 3.19. The molecule has 0 aliphatic rings. The van der Waals surface area contributed by atoms with Gasteiger partial charge >= 0.3 is 0 Å². The van der Waals surface area contributed by atoms with E-state index in [0.29, 0.717) is 37.3 Å². The van der Waals surface area contributed by atoms with Gasteiger partial charge in [0.05, 0.1) is 12.2 Å². The third-order valence-corrected chi connectivity index (χ3v) is 4.72. The molecule has 1 N–H and O–H groups in total. The van der Waals surface area contributed by atoms with Crippen LogP contribution in [0.4, 0.5) is 4.39 Å². The molecule has 0 atom stereocenters. The molecule has 0 saturated carbocycles. The summed E-state index contributed by atoms with van der Waals surface area (Å²) in [5.41, 5.74) is 2.19. The summed E-state index contributed by atoms with van der Waals surface area (Å²) < 4.78 is 20.5. The monoisotopic (exact) mass is 382 g/mol. The van der Waals surface area contributed by atoms with Gasteiger partial charge in [0.1, 0.15) is 5.82 Å². The molecular weight excluding hydrogens is 359 g/mol. The third kappa shape index (κ3) is 4.12. The van der Waals surface area contributed by atoms with E-state index in [9.17, 15) is 14.3 Å². The number of ether oxygens (including phenoxy) is 1. The maximum Gasteiger partial charge on any atom is 0.257 e. The highest BCUT2D eigenvalue weighted by Gasteiger charge is 2.19. The van der Waals surface area contributed by atoms with Crippen LogP contribution in [0.2, 0.25) is 0 Å². The average molecular weight is 382 g/mol. The van der Waals surface area contributed by atoms with Gasteiger partial charge in [-0.25, -0.2) is 9.37 Å². The fourth-order valence-electron chi connectivity index (χ4n) is 3.19. The van der Waals surface area contributed by atoms with Crippen molar-refractivity contribution in [3.05, 3.63) is 81.5 Å². The second-order valence-electron chi connectivity index (χ2n) is 6.57. The molecule has 0 bridgehead atoms. The molecule has 0 saturated heterocycles. The lowest BCUT2D eigenvalue weighted by Crippen LogP contribution is -2.29. The Kier molecular flexibility index (Phi) is 6.21. The fraction of sp³-hybridized carbons (Fsp3) is 0.273. The standard InChI is InChI=1S/C22H23FN2O3/c1-15-17(12-14-28-2)22(27)25(13-11-16-7-4-3-5-8-16)21(24-15)18-9-6-10-19(23)20(18)26/h3-10,26H,11-14H2,1-2H3. The molecule has 0 unspecified atom stereocenters. The van der Waals surface area contributed by atoms with Crippen molar-refractivity contribution in [2.45, 2.75) is 26.3 Å². The molecule has 6 heteroatoms. The van der Waals surface area contributed by atoms with Gasteiger partial charge in [-0.3, -0.25) is 9.36 Å². The van der Waals surface area contributed by atoms with Crippen molar-refractivity contribution in [1.82, 2.24) is 9.55 Å². The second-order valence-corrected chi connectivity index (χ2v) is 6.57. The van der Waals surface area contributed by atoms with Crippen LogP contribution in [-0.2, 0) is 24.1 Å². The Balaban J connectivity index is 2.11. The summed E-state index contributed by atoms with van der Waals surface area (Å²) in [4.78, 5) is 17.8. The molecule has 0 fully saturated rings. The molecule has 1 aromatic heterocycles. The van der Waals surface area contributed by atoms with Crippen LogP contribution in [0.5, 0.6) is 5.75 Å². The number of aryl methyl sites for hydroxylation is 2. The lowest BCUT2D eigenvalue weighted by molar-refractivity contribution is 0.201. The molecule has 0 radical (unpaired) electrons. The number of para-hydroxylation sites is 1. The van der Waals surface area contributed by atoms with E-state index in [4.69, 9.17) is 4.74 Å². The van der Waals surface area contributed by atoms with Crippen molar-refractivity contribution in [3.63, 3.8) is 0 Å². The number of hydrogen-bond acceptors (Lipinski definition) is 4. The summed E-state index contributed by atoms with van der Waals surface area (Å²) in [6, 6.07) is 14.0. The number of methoxy groups -OCH3 is 1. The first-order chi connectivity index (χ1) is 13.5. The van der Waals surface area contributed by atoms with E-state index in [1.807, 2.05) is 30.3 Å². The Morgan fingerprint density at radius 3 is 2.57 bits per heavy atom. The SMILES string of the molecule is COCCc1c(C)nc(-c2cccc(F)c2O)n(CCc2ccccc2)c1=O. The van der Waals surface area contributed by atoms with Gasteiger partial charge in [-0.1, -0.05) is 36.4 Å². The van der Waals surface area contributed by atoms with Gasteiger partial charge < -0.3 is 9.84 Å². The molecule has 3 rings (SSSR count). The molecule has 0 amide bonds. The van der Waals surface area contributed by atoms with Crippen LogP contribution >= 0.6 is 0 Å². The van der Waals surface area contributed by atoms with Crippen LogP contribution in [0.25, 0.3) is 11.4 Å². The first-order valence-corrected chi connectivity index (χ1v) is 9.14. The van der Waals surface area contributed by atoms with Crippen LogP contribution in [-0.4, -0.2) is 28.4 Å². The molecule has 2 aromatic carbocycles. The number of phenolic OH excluding ortho intramolecular Hbond substituents is 1. The van der Waals surface area contributed by atoms with Crippen LogP contribution in [0.1, 0.15) is 16.8 Å². The van der Waals surface area contributed by atoms with Gasteiger partial charge in [0, 0.05) is 31.3 Å². The highest BCUT2D eigenvalue weighted by molar-refractivity contribution is 5.64. The number of rotatable bonds is 7. The Bertz CT molecular complexity index is 1020. The molecule has 3 aromatic rings. The van der Waals surface area contributed by atoms with Crippen LogP contribution in [0.3, 0.4) is 0 Å². The molecule has 0 spiro atoms. The van der Waals surface area contributed by atoms with E-state index in [2.05, 4.69) is 4.98 Å². The van der Waals surface area contributed by atoms with Gasteiger partial charge in [-0.05, 0) is 31.0 Å². The van der Waals surface area contributed by atoms with Crippen molar-refractivity contribution in [3.8, 4) is 17.1 Å². The second kappa shape index (κ2) is 8.80. The van der Waals surface area contributed by atoms with E-state index >= 15 is 0 Å². The zero-order valence-electron chi connectivity index (χ0n) is 16.0. The smallest absolute Gasteiger partial charge is 0.257 e. The maximum absolute atomic E-state index is 13.9. The Labute approximate surface area is 163 Å². The third-order valence-electron chi connectivity index (χ3n) is 4.72. The van der Waals surface area contributed by atoms with Crippen molar-refractivity contribution < 1.29 is 14.2 Å². The molecular formula is C22H23FN2O3. The molecule has 146 valence electrons. The van der Waals surface area contributed by atoms with Crippen LogP contribution in [0, 0.1) is 12.7 Å². The number of nitrogens with zero attached hydrogens (tertiary/aromatic N) is 2. The Hall–Kier alpha value is -2.99. The Morgan fingerprint density at radius 1 is 1.11 bits per heavy atom. The summed E-state index contributed by atoms with van der Waals surface area (Å²) in [6.45, 7) is 2.51. The predicted octanol–water partition coefficient (Wildman–Crippen LogP) is 3.50. The van der Waals surface area contributed by atoms with Gasteiger partial charge in [-0.15, -0.1) is 0 Å². The minimum absolute atomic E-state index is 0.195. The van der Waals surface area contributed by atoms with Crippen LogP contribution in [0.15, 0.2) is 53.3 Å². The summed E-state index contributed by atoms with van der Waals surface area (Å²) >= 11 is 0. The Morgan fingerprint density at radius 2 is 1.86 bits per heavy atom. The van der Waals surface area contributed by atoms with Gasteiger partial charge in [0.15, 0.2) is 11.6 Å². The van der Waals surface area contributed by atoms with Gasteiger partial charge in [0.2, 0.25) is 0 Å². The first-order valence-electron chi connectivity index (χ1n) is 9.14. The predicted molar refractivity (Wildman–Crippen MR) is 106 cm³/mol. The van der Waals surface area contributed by atoms with Crippen molar-refractivity contribution in [1.29, 1.82) is 0 Å². The maximum atomic E-state index is 13.9. The average Bonchev–Trinajstić information content (AvgIpc) is 2.70. The van der Waals surface area contributed by atoms with Crippen molar-refractivity contribution in [2.75, 3.05) is 13.7 Å². The van der Waals surface area contributed by atoms with E-state index in [1.54, 1.807) is 20.1 Å². The largest absolute Gasteiger partial charge is 0.504 e. The van der Waals surface area contributed by atoms with Crippen molar-refractivity contribution in [2.24, 2.45) is 0 Å². The number of aromatic hydroxyl groups is 1. The number of aromatic nitrogens is 2. The minimum Gasteiger partial charge on any atom is -0.504 e. The number of phenols is 1. The normalized spacial score (nSPS) is 11.0. The minimum atomic E-state index is -0.748. The van der Waals surface area contributed by atoms with Crippen LogP contribution < -0.4 is 5.56 Å². The molecule has 28 heavy (non-hydrogen) atoms. The summed E-state index contributed by atoms with van der Waals surface area (Å²) in [6.07, 6.45) is 1.05. The number of hydrogen-bond donors (Lipinski definition) is 1. The topological polar surface area (TPSA) is 64.3 Å². The first kappa shape index (κ1) is 19.8. The summed E-state index contributed by atoms with van der Waals surface area (Å²) in [7, 11) is 1.58. The van der Waals surface area contributed by atoms with E-state index in [-0.39, 0.29) is 16.9 Å². The zero-order chi connectivity index (χ0) is 20.1. The molecule has 1 heterocycles. The summed E-state index contributed by atoms with van der Waals surface area (Å²) in [5.74, 6) is -0.994. The highest BCUT2D eigenvalue weighted by atomic mass is 19.1. The van der Waals surface area contributed by atoms with Gasteiger partial charge in [0.25, 0.3) is 5.56 Å². The number of benzene rings is 2. The quantitative estimate of drug-likeness (QED) is 0.679. The van der Waals surface area contributed by atoms with Gasteiger partial charge in [-0.2, -0.15) is 0 Å². The molecule has 0 aliphatic carbocycles. The molecule has 5 nitrogen and oxygen atoms in total. The lowest BCUT2D eigenvalue weighted by atomic mass is 10.1. The summed E-state index contributed by atoms with van der Waals surface area (Å²) in [5, 5.41) is 10.2.